The molecule has 1 aromatic carbocycles. The van der Waals surface area contributed by atoms with Crippen LogP contribution in [0.4, 0.5) is 13.2 Å². The number of hydrogen-bond acceptors (Lipinski definition) is 4. The Hall–Kier alpha value is -2.58. The number of ether oxygens (including phenoxy) is 1. The minimum absolute atomic E-state index is 0.231. The molecule has 0 spiro atoms. The average molecular weight is 302 g/mol. The standard InChI is InChI=1S/C12H9F3N2O4/c1-6-3-4-7-8(5-6)16(19)9(11(18)21-2)10(17(7)20)12(13,14)15/h3-5H,1-2H3. The lowest BCUT2D eigenvalue weighted by atomic mass is 10.2. The van der Waals surface area contributed by atoms with Crippen molar-refractivity contribution >= 4 is 17.0 Å². The van der Waals surface area contributed by atoms with E-state index in [-0.39, 0.29) is 9.94 Å². The first-order valence-corrected chi connectivity index (χ1v) is 5.63. The van der Waals surface area contributed by atoms with Crippen molar-refractivity contribution in [1.82, 2.24) is 4.73 Å². The van der Waals surface area contributed by atoms with Crippen molar-refractivity contribution in [2.75, 3.05) is 7.11 Å². The molecular formula is C12H9F3N2O4. The van der Waals surface area contributed by atoms with E-state index in [0.29, 0.717) is 5.56 Å². The highest BCUT2D eigenvalue weighted by atomic mass is 19.4. The maximum atomic E-state index is 13.0. The van der Waals surface area contributed by atoms with Gasteiger partial charge in [0.25, 0.3) is 5.52 Å². The number of alkyl halides is 3. The number of benzene rings is 1. The first-order chi connectivity index (χ1) is 9.68. The zero-order valence-electron chi connectivity index (χ0n) is 10.9. The topological polar surface area (TPSA) is 77.3 Å². The predicted octanol–water partition coefficient (Wildman–Crippen LogP) is 2.02. The molecule has 6 nitrogen and oxygen atoms in total. The number of rotatable bonds is 1. The van der Waals surface area contributed by atoms with Gasteiger partial charge < -0.3 is 14.7 Å². The van der Waals surface area contributed by atoms with Crippen LogP contribution in [-0.2, 0) is 10.9 Å². The molecule has 0 fully saturated rings. The Morgan fingerprint density at radius 2 is 2.00 bits per heavy atom. The molecular weight excluding hydrogens is 293 g/mol. The van der Waals surface area contributed by atoms with Gasteiger partial charge >= 0.3 is 17.8 Å². The SMILES string of the molecule is COC(=O)c1c(C(F)(F)F)n([O-])c2ccc(C)cc2[n+]1=O. The fourth-order valence-electron chi connectivity index (χ4n) is 1.93. The molecule has 0 aliphatic heterocycles. The summed E-state index contributed by atoms with van der Waals surface area (Å²) >= 11 is 0. The summed E-state index contributed by atoms with van der Waals surface area (Å²) in [4.78, 5) is 23.6. The molecule has 0 atom stereocenters. The first-order valence-electron chi connectivity index (χ1n) is 5.63. The minimum atomic E-state index is -5.18. The lowest BCUT2D eigenvalue weighted by molar-refractivity contribution is -0.471. The van der Waals surface area contributed by atoms with Crippen molar-refractivity contribution in [1.29, 1.82) is 0 Å². The molecule has 0 radical (unpaired) electrons. The highest BCUT2D eigenvalue weighted by molar-refractivity contribution is 5.88. The van der Waals surface area contributed by atoms with Gasteiger partial charge in [-0.05, 0) is 18.6 Å². The number of carbonyl (C=O) groups is 1. The molecule has 1 heterocycles. The van der Waals surface area contributed by atoms with E-state index in [1.807, 2.05) is 0 Å². The van der Waals surface area contributed by atoms with Gasteiger partial charge in [-0.3, -0.25) is 0 Å². The lowest BCUT2D eigenvalue weighted by Gasteiger charge is -2.20. The highest BCUT2D eigenvalue weighted by Gasteiger charge is 2.45. The van der Waals surface area contributed by atoms with E-state index in [9.17, 15) is 28.1 Å². The van der Waals surface area contributed by atoms with Crippen LogP contribution < -0.4 is 4.43 Å². The molecule has 21 heavy (non-hydrogen) atoms. The molecule has 0 saturated carbocycles. The lowest BCUT2D eigenvalue weighted by Crippen LogP contribution is -2.35. The molecule has 9 heteroatoms. The minimum Gasteiger partial charge on any atom is -0.805 e. The Bertz CT molecular complexity index is 796. The summed E-state index contributed by atoms with van der Waals surface area (Å²) in [6.07, 6.45) is -5.18. The van der Waals surface area contributed by atoms with Crippen LogP contribution in [-0.4, -0.2) is 17.8 Å². The monoisotopic (exact) mass is 302 g/mol. The fraction of sp³-hybridized carbons (Fsp3) is 0.250. The largest absolute Gasteiger partial charge is 0.805 e. The summed E-state index contributed by atoms with van der Waals surface area (Å²) in [5.41, 5.74) is -3.59. The second kappa shape index (κ2) is 4.76. The first kappa shape index (κ1) is 14.8. The summed E-state index contributed by atoms with van der Waals surface area (Å²) in [7, 11) is 0.818. The van der Waals surface area contributed by atoms with Gasteiger partial charge in [-0.25, -0.2) is 4.79 Å². The molecule has 0 amide bonds. The van der Waals surface area contributed by atoms with Gasteiger partial charge in [0.1, 0.15) is 5.52 Å². The maximum absolute atomic E-state index is 13.0. The molecule has 2 rings (SSSR count). The number of nitrogens with zero attached hydrogens (tertiary/aromatic N) is 2. The predicted molar refractivity (Wildman–Crippen MR) is 65.1 cm³/mol. The van der Waals surface area contributed by atoms with Crippen molar-refractivity contribution in [2.45, 2.75) is 13.1 Å². The quantitative estimate of drug-likeness (QED) is 0.596. The van der Waals surface area contributed by atoms with Crippen LogP contribution >= 0.6 is 0 Å². The van der Waals surface area contributed by atoms with Gasteiger partial charge in [-0.2, -0.15) is 13.2 Å². The second-order valence-electron chi connectivity index (χ2n) is 4.27. The van der Waals surface area contributed by atoms with E-state index in [2.05, 4.69) is 4.74 Å². The van der Waals surface area contributed by atoms with E-state index in [0.717, 1.165) is 13.2 Å². The van der Waals surface area contributed by atoms with Gasteiger partial charge in [-0.1, -0.05) is 6.07 Å². The maximum Gasteiger partial charge on any atom is 0.438 e. The molecule has 1 aromatic heterocycles. The van der Waals surface area contributed by atoms with Crippen LogP contribution in [0.5, 0.6) is 0 Å². The summed E-state index contributed by atoms with van der Waals surface area (Å²) in [6.45, 7) is 1.59. The molecule has 0 unspecified atom stereocenters. The summed E-state index contributed by atoms with van der Waals surface area (Å²) in [5.74, 6) is -1.54. The smallest absolute Gasteiger partial charge is 0.438 e. The molecule has 0 N–H and O–H groups in total. The summed E-state index contributed by atoms with van der Waals surface area (Å²) in [6, 6.07) is 3.68. The van der Waals surface area contributed by atoms with Gasteiger partial charge in [0.2, 0.25) is 5.69 Å². The number of methoxy groups -OCH3 is 1. The second-order valence-corrected chi connectivity index (χ2v) is 4.27. The van der Waals surface area contributed by atoms with Gasteiger partial charge in [0.15, 0.2) is 0 Å². The molecule has 112 valence electrons. The molecule has 0 aliphatic carbocycles. The summed E-state index contributed by atoms with van der Waals surface area (Å²) in [5, 5.41) is 11.9. The molecule has 0 aliphatic rings. The summed E-state index contributed by atoms with van der Waals surface area (Å²) < 4.78 is 42.5. The van der Waals surface area contributed by atoms with E-state index in [1.54, 1.807) is 6.92 Å². The third-order valence-electron chi connectivity index (χ3n) is 2.85. The van der Waals surface area contributed by atoms with E-state index in [4.69, 9.17) is 0 Å². The number of carbonyl (C=O) groups excluding carboxylic acids is 1. The highest BCUT2D eigenvalue weighted by Crippen LogP contribution is 2.32. The number of halogens is 3. The number of fused-ring (bicyclic) bond motifs is 1. The van der Waals surface area contributed by atoms with E-state index >= 15 is 0 Å². The van der Waals surface area contributed by atoms with E-state index in [1.165, 1.54) is 12.1 Å². The van der Waals surface area contributed by atoms with Crippen LogP contribution in [0.3, 0.4) is 0 Å². The van der Waals surface area contributed by atoms with Gasteiger partial charge in [0.05, 0.1) is 11.5 Å². The van der Waals surface area contributed by atoms with Crippen molar-refractivity contribution in [3.05, 3.63) is 45.3 Å². The number of hydrogen-bond donors (Lipinski definition) is 0. The van der Waals surface area contributed by atoms with Crippen molar-refractivity contribution in [3.8, 4) is 0 Å². The normalized spacial score (nSPS) is 11.7. The van der Waals surface area contributed by atoms with Gasteiger partial charge in [-0.15, -0.1) is 0 Å². The number of aromatic nitrogens is 2. The Kier molecular flexibility index (Phi) is 3.36. The van der Waals surface area contributed by atoms with Crippen molar-refractivity contribution < 1.29 is 27.1 Å². The Balaban J connectivity index is 3.07. The third-order valence-corrected chi connectivity index (χ3v) is 2.85. The van der Waals surface area contributed by atoms with Crippen LogP contribution in [0.15, 0.2) is 18.2 Å². The zero-order chi connectivity index (χ0) is 15.9. The fourth-order valence-corrected chi connectivity index (χ4v) is 1.93. The van der Waals surface area contributed by atoms with E-state index < -0.39 is 33.8 Å². The Morgan fingerprint density at radius 3 is 2.52 bits per heavy atom. The Labute approximate surface area is 115 Å². The molecule has 0 saturated heterocycles. The van der Waals surface area contributed by atoms with Crippen LogP contribution in [0.1, 0.15) is 21.7 Å². The van der Waals surface area contributed by atoms with Gasteiger partial charge in [0, 0.05) is 11.0 Å². The number of aryl methyl sites for hydroxylation is 1. The third kappa shape index (κ3) is 2.30. The van der Waals surface area contributed by atoms with Crippen molar-refractivity contribution in [2.24, 2.45) is 0 Å². The molecule has 2 aromatic rings. The average Bonchev–Trinajstić information content (AvgIpc) is 2.40. The zero-order valence-corrected chi connectivity index (χ0v) is 10.9. The Morgan fingerprint density at radius 1 is 1.38 bits per heavy atom. The van der Waals surface area contributed by atoms with Crippen molar-refractivity contribution in [3.63, 3.8) is 0 Å². The van der Waals surface area contributed by atoms with Crippen LogP contribution in [0.25, 0.3) is 11.0 Å². The number of esters is 1. The van der Waals surface area contributed by atoms with Crippen LogP contribution in [0.2, 0.25) is 0 Å². The van der Waals surface area contributed by atoms with Crippen LogP contribution in [0, 0.1) is 17.0 Å². The molecule has 0 bridgehead atoms.